The van der Waals surface area contributed by atoms with Crippen molar-refractivity contribution >= 4 is 22.8 Å². The smallest absolute Gasteiger partial charge is 0.388 e. The van der Waals surface area contributed by atoms with E-state index in [0.717, 1.165) is 22.9 Å². The highest BCUT2D eigenvalue weighted by molar-refractivity contribution is 5.97. The van der Waals surface area contributed by atoms with E-state index in [1.165, 1.54) is 19.1 Å². The minimum atomic E-state index is -4.74. The second kappa shape index (κ2) is 8.26. The molecular weight excluding hydrogens is 487 g/mol. The fraction of sp³-hybridized carbons (Fsp3) is 0.375. The first-order valence-corrected chi connectivity index (χ1v) is 11.3. The molecule has 0 radical (unpaired) electrons. The number of nitrogens with zero attached hydrogens (tertiary/aromatic N) is 3. The Morgan fingerprint density at radius 1 is 1.28 bits per heavy atom. The van der Waals surface area contributed by atoms with Crippen molar-refractivity contribution in [2.24, 2.45) is 5.92 Å². The molecule has 3 atom stereocenters. The van der Waals surface area contributed by atoms with Gasteiger partial charge in [-0.25, -0.2) is 13.8 Å². The zero-order chi connectivity index (χ0) is 26.0. The molecule has 0 bridgehead atoms. The molecule has 2 N–H and O–H groups in total. The van der Waals surface area contributed by atoms with Gasteiger partial charge in [-0.3, -0.25) is 14.2 Å². The maximum atomic E-state index is 14.8. The summed E-state index contributed by atoms with van der Waals surface area (Å²) in [5, 5.41) is 12.0. The number of β-amino-alcohol motifs (C(OH)–C–C–N with tert-alkyl or cyclic N) is 1. The van der Waals surface area contributed by atoms with Crippen molar-refractivity contribution in [3.8, 4) is 5.69 Å². The second-order valence-corrected chi connectivity index (χ2v) is 9.24. The van der Waals surface area contributed by atoms with Crippen molar-refractivity contribution in [1.29, 1.82) is 0 Å². The third-order valence-corrected chi connectivity index (χ3v) is 6.79. The van der Waals surface area contributed by atoms with Crippen molar-refractivity contribution in [3.05, 3.63) is 63.9 Å². The lowest BCUT2D eigenvalue weighted by Crippen LogP contribution is -2.46. The molecule has 3 aromatic rings. The number of halogens is 5. The van der Waals surface area contributed by atoms with Crippen LogP contribution in [-0.2, 0) is 0 Å². The van der Waals surface area contributed by atoms with Gasteiger partial charge in [-0.15, -0.1) is 0 Å². The fourth-order valence-corrected chi connectivity index (χ4v) is 4.67. The Morgan fingerprint density at radius 2 is 2.03 bits per heavy atom. The number of benzene rings is 1. The minimum absolute atomic E-state index is 0.0741. The van der Waals surface area contributed by atoms with E-state index < -0.39 is 52.8 Å². The van der Waals surface area contributed by atoms with Crippen LogP contribution < -0.4 is 15.6 Å². The number of rotatable bonds is 5. The third kappa shape index (κ3) is 4.08. The number of aromatic nitrogens is 2. The van der Waals surface area contributed by atoms with E-state index in [2.05, 4.69) is 4.98 Å². The Balaban J connectivity index is 1.65. The SMILES string of the molecule is CCC(NC(=O)c1cn(-c2ccc(F)cc2F)c2nc(N3CC4CC4(O)C3)ccc2c1=O)C(F)(F)F. The van der Waals surface area contributed by atoms with Crippen molar-refractivity contribution in [2.75, 3.05) is 18.0 Å². The van der Waals surface area contributed by atoms with Crippen LogP contribution in [0.25, 0.3) is 16.7 Å². The van der Waals surface area contributed by atoms with Gasteiger partial charge in [0.25, 0.3) is 5.91 Å². The number of fused-ring (bicyclic) bond motifs is 2. The van der Waals surface area contributed by atoms with Crippen LogP contribution in [0, 0.1) is 17.6 Å². The van der Waals surface area contributed by atoms with Gasteiger partial charge in [-0.05, 0) is 37.1 Å². The molecule has 2 aromatic heterocycles. The maximum Gasteiger partial charge on any atom is 0.408 e. The van der Waals surface area contributed by atoms with Gasteiger partial charge in [0.2, 0.25) is 5.43 Å². The lowest BCUT2D eigenvalue weighted by atomic mass is 10.1. The van der Waals surface area contributed by atoms with E-state index in [0.29, 0.717) is 31.4 Å². The lowest BCUT2D eigenvalue weighted by Gasteiger charge is -2.22. The summed E-state index contributed by atoms with van der Waals surface area (Å²) in [5.74, 6) is -2.70. The first kappa shape index (κ1) is 24.2. The normalized spacial score (nSPS) is 22.0. The zero-order valence-corrected chi connectivity index (χ0v) is 18.9. The molecule has 3 unspecified atom stereocenters. The topological polar surface area (TPSA) is 87.5 Å². The molecule has 190 valence electrons. The van der Waals surface area contributed by atoms with Crippen LogP contribution in [0.4, 0.5) is 27.8 Å². The third-order valence-electron chi connectivity index (χ3n) is 6.79. The number of piperidine rings is 1. The molecule has 1 saturated carbocycles. The van der Waals surface area contributed by atoms with Crippen LogP contribution >= 0.6 is 0 Å². The Hall–Kier alpha value is -3.54. The predicted molar refractivity (Wildman–Crippen MR) is 120 cm³/mol. The lowest BCUT2D eigenvalue weighted by molar-refractivity contribution is -0.153. The van der Waals surface area contributed by atoms with Crippen LogP contribution in [0.2, 0.25) is 0 Å². The zero-order valence-electron chi connectivity index (χ0n) is 18.9. The van der Waals surface area contributed by atoms with E-state index in [-0.39, 0.29) is 22.6 Å². The molecule has 1 aliphatic carbocycles. The number of nitrogens with one attached hydrogen (secondary N) is 1. The number of anilines is 1. The summed E-state index contributed by atoms with van der Waals surface area (Å²) in [6, 6.07) is 3.29. The van der Waals surface area contributed by atoms with Crippen molar-refractivity contribution in [1.82, 2.24) is 14.9 Å². The molecule has 7 nitrogen and oxygen atoms in total. The molecule has 2 aliphatic rings. The molecule has 3 heterocycles. The minimum Gasteiger partial charge on any atom is -0.388 e. The van der Waals surface area contributed by atoms with Crippen LogP contribution in [0.15, 0.2) is 41.3 Å². The standard InChI is InChI=1S/C24H21F5N4O3/c1-2-18(24(27,28)29)30-22(35)15-10-33(17-5-3-13(25)7-16(17)26)21-14(20(15)34)4-6-19(31-21)32-9-12-8-23(12,36)11-32/h3-7,10,12,18,36H,2,8-9,11H2,1H3,(H,30,35). The van der Waals surface area contributed by atoms with Crippen LogP contribution in [-0.4, -0.2) is 51.5 Å². The molecule has 5 rings (SSSR count). The Kier molecular flexibility index (Phi) is 5.54. The van der Waals surface area contributed by atoms with Gasteiger partial charge in [0.05, 0.1) is 16.7 Å². The summed E-state index contributed by atoms with van der Waals surface area (Å²) < 4.78 is 69.0. The highest BCUT2D eigenvalue weighted by Crippen LogP contribution is 2.50. The Bertz CT molecular complexity index is 1440. The van der Waals surface area contributed by atoms with E-state index in [4.69, 9.17) is 0 Å². The molecule has 0 spiro atoms. The number of carbonyl (C=O) groups excluding carboxylic acids is 1. The van der Waals surface area contributed by atoms with Gasteiger partial charge in [0.15, 0.2) is 5.65 Å². The predicted octanol–water partition coefficient (Wildman–Crippen LogP) is 3.31. The molecule has 1 amide bonds. The second-order valence-electron chi connectivity index (χ2n) is 9.24. The quantitative estimate of drug-likeness (QED) is 0.517. The summed E-state index contributed by atoms with van der Waals surface area (Å²) in [6.07, 6.45) is -3.61. The van der Waals surface area contributed by atoms with Gasteiger partial charge in [0, 0.05) is 31.3 Å². The van der Waals surface area contributed by atoms with Crippen molar-refractivity contribution in [2.45, 2.75) is 37.6 Å². The Labute approximate surface area is 201 Å². The van der Waals surface area contributed by atoms with E-state index in [1.54, 1.807) is 4.90 Å². The Morgan fingerprint density at radius 3 is 2.64 bits per heavy atom. The summed E-state index contributed by atoms with van der Waals surface area (Å²) in [6.45, 7) is 2.08. The number of hydrogen-bond donors (Lipinski definition) is 2. The number of pyridine rings is 2. The van der Waals surface area contributed by atoms with Gasteiger partial charge in [0.1, 0.15) is 29.1 Å². The molecule has 1 saturated heterocycles. The highest BCUT2D eigenvalue weighted by atomic mass is 19.4. The van der Waals surface area contributed by atoms with Crippen molar-refractivity contribution < 1.29 is 31.9 Å². The van der Waals surface area contributed by atoms with Gasteiger partial charge in [-0.1, -0.05) is 6.92 Å². The van der Waals surface area contributed by atoms with Crippen LogP contribution in [0.1, 0.15) is 30.1 Å². The largest absolute Gasteiger partial charge is 0.408 e. The number of alkyl halides is 3. The van der Waals surface area contributed by atoms with Crippen LogP contribution in [0.5, 0.6) is 0 Å². The number of aliphatic hydroxyl groups is 1. The van der Waals surface area contributed by atoms with Gasteiger partial charge < -0.3 is 15.3 Å². The average molecular weight is 508 g/mol. The summed E-state index contributed by atoms with van der Waals surface area (Å²) in [5.41, 5.74) is -2.67. The number of carbonyl (C=O) groups is 1. The first-order chi connectivity index (χ1) is 16.9. The van der Waals surface area contributed by atoms with Gasteiger partial charge >= 0.3 is 6.18 Å². The molecule has 36 heavy (non-hydrogen) atoms. The molecule has 1 aromatic carbocycles. The summed E-state index contributed by atoms with van der Waals surface area (Å²) >= 11 is 0. The molecular formula is C24H21F5N4O3. The summed E-state index contributed by atoms with van der Waals surface area (Å²) in [7, 11) is 0. The summed E-state index contributed by atoms with van der Waals surface area (Å²) in [4.78, 5) is 32.2. The van der Waals surface area contributed by atoms with Crippen molar-refractivity contribution in [3.63, 3.8) is 0 Å². The first-order valence-electron chi connectivity index (χ1n) is 11.3. The van der Waals surface area contributed by atoms with Crippen LogP contribution in [0.3, 0.4) is 0 Å². The molecule has 1 aliphatic heterocycles. The average Bonchev–Trinajstić information content (AvgIpc) is 3.32. The molecule has 12 heteroatoms. The van der Waals surface area contributed by atoms with E-state index >= 15 is 0 Å². The number of amides is 1. The monoisotopic (exact) mass is 508 g/mol. The number of hydrogen-bond acceptors (Lipinski definition) is 5. The molecule has 2 fully saturated rings. The maximum absolute atomic E-state index is 14.8. The fourth-order valence-electron chi connectivity index (χ4n) is 4.67. The van der Waals surface area contributed by atoms with E-state index in [1.807, 2.05) is 5.32 Å². The van der Waals surface area contributed by atoms with Gasteiger partial charge in [-0.2, -0.15) is 13.2 Å². The van der Waals surface area contributed by atoms with E-state index in [9.17, 15) is 36.6 Å². The highest BCUT2D eigenvalue weighted by Gasteiger charge is 2.59.